The number of aromatic amines is 1. The highest BCUT2D eigenvalue weighted by Crippen LogP contribution is 2.30. The fourth-order valence-electron chi connectivity index (χ4n) is 3.49. The van der Waals surface area contributed by atoms with Crippen molar-refractivity contribution in [2.45, 2.75) is 31.9 Å². The van der Waals surface area contributed by atoms with Crippen LogP contribution in [0.2, 0.25) is 0 Å². The summed E-state index contributed by atoms with van der Waals surface area (Å²) in [5.41, 5.74) is 3.30. The number of fused-ring (bicyclic) bond motifs is 1. The molecule has 0 radical (unpaired) electrons. The Morgan fingerprint density at radius 3 is 3.04 bits per heavy atom. The van der Waals surface area contributed by atoms with Gasteiger partial charge < -0.3 is 10.3 Å². The summed E-state index contributed by atoms with van der Waals surface area (Å²) in [4.78, 5) is 19.7. The number of nitrogens with one attached hydrogen (secondary N) is 2. The van der Waals surface area contributed by atoms with Gasteiger partial charge in [-0.3, -0.25) is 9.78 Å². The minimum Gasteiger partial charge on any atom is -0.358 e. The Labute approximate surface area is 152 Å². The van der Waals surface area contributed by atoms with Gasteiger partial charge >= 0.3 is 0 Å². The lowest BCUT2D eigenvalue weighted by molar-refractivity contribution is 0.0946. The van der Waals surface area contributed by atoms with Crippen molar-refractivity contribution >= 4 is 12.0 Å². The molecule has 0 aromatic carbocycles. The van der Waals surface area contributed by atoms with E-state index in [1.807, 2.05) is 30.4 Å². The van der Waals surface area contributed by atoms with E-state index in [0.29, 0.717) is 13.0 Å². The van der Waals surface area contributed by atoms with Crippen LogP contribution in [0.15, 0.2) is 42.6 Å². The first-order chi connectivity index (χ1) is 12.5. The third-order valence-electron chi connectivity index (χ3n) is 5.07. The van der Waals surface area contributed by atoms with Gasteiger partial charge in [-0.1, -0.05) is 18.2 Å². The standard InChI is InChI=1S/C21H22FN3O/c1-21(22)8-4-14(5-9-21)2-3-16-12-15(6-10-23-16)19-13-17-18(25-19)7-11-24-20(17)26/h2-4,6,8,10,12-14,25H,5,7,9,11H2,1H3,(H,24,26)/b3-2+. The zero-order valence-corrected chi connectivity index (χ0v) is 14.8. The lowest BCUT2D eigenvalue weighted by Gasteiger charge is -2.23. The Kier molecular flexibility index (Phi) is 4.23. The van der Waals surface area contributed by atoms with E-state index in [0.717, 1.165) is 41.1 Å². The van der Waals surface area contributed by atoms with Crippen molar-refractivity contribution in [2.75, 3.05) is 6.54 Å². The summed E-state index contributed by atoms with van der Waals surface area (Å²) in [7, 11) is 0. The monoisotopic (exact) mass is 351 g/mol. The molecule has 0 fully saturated rings. The van der Waals surface area contributed by atoms with Crippen LogP contribution in [0.1, 0.15) is 41.5 Å². The number of H-pyrrole nitrogens is 1. The molecule has 2 aliphatic rings. The molecule has 0 saturated heterocycles. The van der Waals surface area contributed by atoms with E-state index < -0.39 is 5.67 Å². The Hall–Kier alpha value is -2.69. The fourth-order valence-corrected chi connectivity index (χ4v) is 3.49. The highest BCUT2D eigenvalue weighted by atomic mass is 19.1. The molecule has 0 bridgehead atoms. The van der Waals surface area contributed by atoms with Crippen molar-refractivity contribution in [1.29, 1.82) is 0 Å². The third-order valence-corrected chi connectivity index (χ3v) is 5.07. The maximum atomic E-state index is 13.8. The summed E-state index contributed by atoms with van der Waals surface area (Å²) in [5, 5.41) is 2.86. The average Bonchev–Trinajstić information content (AvgIpc) is 3.07. The van der Waals surface area contributed by atoms with Crippen LogP contribution in [0.5, 0.6) is 0 Å². The number of nitrogens with zero attached hydrogens (tertiary/aromatic N) is 1. The molecule has 2 aromatic heterocycles. The van der Waals surface area contributed by atoms with Crippen molar-refractivity contribution in [3.63, 3.8) is 0 Å². The SMILES string of the molecule is CC1(F)C=CC(/C=C/c2cc(-c3cc4c([nH]3)CCNC4=O)ccn2)CC1. The normalized spacial score (nSPS) is 25.3. The Bertz CT molecular complexity index is 894. The predicted octanol–water partition coefficient (Wildman–Crippen LogP) is 4.07. The Balaban J connectivity index is 1.54. The molecular formula is C21H22FN3O. The van der Waals surface area contributed by atoms with Gasteiger partial charge in [0, 0.05) is 36.1 Å². The van der Waals surface area contributed by atoms with Crippen LogP contribution in [0, 0.1) is 5.92 Å². The van der Waals surface area contributed by atoms with E-state index in [4.69, 9.17) is 0 Å². The molecule has 2 aromatic rings. The molecule has 2 atom stereocenters. The molecule has 0 saturated carbocycles. The van der Waals surface area contributed by atoms with Crippen molar-refractivity contribution in [3.05, 3.63) is 59.6 Å². The van der Waals surface area contributed by atoms with E-state index in [-0.39, 0.29) is 11.8 Å². The third kappa shape index (κ3) is 3.47. The molecule has 0 spiro atoms. The van der Waals surface area contributed by atoms with Crippen LogP contribution in [-0.4, -0.2) is 28.1 Å². The van der Waals surface area contributed by atoms with Crippen molar-refractivity contribution < 1.29 is 9.18 Å². The van der Waals surface area contributed by atoms with E-state index in [1.165, 1.54) is 0 Å². The van der Waals surface area contributed by atoms with Gasteiger partial charge in [-0.15, -0.1) is 0 Å². The smallest absolute Gasteiger partial charge is 0.253 e. The number of aromatic nitrogens is 2. The number of allylic oxidation sites excluding steroid dienone is 3. The van der Waals surface area contributed by atoms with Gasteiger partial charge in [0.05, 0.1) is 11.3 Å². The second-order valence-corrected chi connectivity index (χ2v) is 7.25. The number of amides is 1. The summed E-state index contributed by atoms with van der Waals surface area (Å²) >= 11 is 0. The summed E-state index contributed by atoms with van der Waals surface area (Å²) in [6, 6.07) is 5.83. The van der Waals surface area contributed by atoms with Crippen LogP contribution in [0.4, 0.5) is 4.39 Å². The van der Waals surface area contributed by atoms with Crippen molar-refractivity contribution in [3.8, 4) is 11.3 Å². The maximum absolute atomic E-state index is 13.8. The van der Waals surface area contributed by atoms with Crippen LogP contribution in [0.3, 0.4) is 0 Å². The topological polar surface area (TPSA) is 57.8 Å². The summed E-state index contributed by atoms with van der Waals surface area (Å²) in [6.07, 6.45) is 11.6. The maximum Gasteiger partial charge on any atom is 0.253 e. The zero-order chi connectivity index (χ0) is 18.1. The van der Waals surface area contributed by atoms with E-state index in [9.17, 15) is 9.18 Å². The number of hydrogen-bond acceptors (Lipinski definition) is 2. The summed E-state index contributed by atoms with van der Waals surface area (Å²) in [5.74, 6) is 0.220. The Morgan fingerprint density at radius 1 is 1.38 bits per heavy atom. The molecule has 2 N–H and O–H groups in total. The highest BCUT2D eigenvalue weighted by molar-refractivity contribution is 5.97. The summed E-state index contributed by atoms with van der Waals surface area (Å²) in [6.45, 7) is 2.29. The summed E-state index contributed by atoms with van der Waals surface area (Å²) < 4.78 is 13.8. The minimum absolute atomic E-state index is 0.0214. The molecule has 5 heteroatoms. The average molecular weight is 351 g/mol. The number of halogens is 1. The second kappa shape index (κ2) is 6.56. The molecule has 1 aliphatic heterocycles. The fraction of sp³-hybridized carbons (Fsp3) is 0.333. The number of rotatable bonds is 3. The van der Waals surface area contributed by atoms with Gasteiger partial charge in [-0.2, -0.15) is 0 Å². The number of carbonyl (C=O) groups excluding carboxylic acids is 1. The van der Waals surface area contributed by atoms with Gasteiger partial charge in [-0.05, 0) is 50.0 Å². The lowest BCUT2D eigenvalue weighted by Crippen LogP contribution is -2.31. The molecule has 1 aliphatic carbocycles. The van der Waals surface area contributed by atoms with Gasteiger partial charge in [0.2, 0.25) is 0 Å². The second-order valence-electron chi connectivity index (χ2n) is 7.25. The number of alkyl halides is 1. The number of carbonyl (C=O) groups is 1. The van der Waals surface area contributed by atoms with Gasteiger partial charge in [0.25, 0.3) is 5.91 Å². The first kappa shape index (κ1) is 16.8. The van der Waals surface area contributed by atoms with Gasteiger partial charge in [0.15, 0.2) is 0 Å². The zero-order valence-electron chi connectivity index (χ0n) is 14.8. The molecule has 134 valence electrons. The largest absolute Gasteiger partial charge is 0.358 e. The first-order valence-corrected chi connectivity index (χ1v) is 9.03. The molecule has 26 heavy (non-hydrogen) atoms. The first-order valence-electron chi connectivity index (χ1n) is 9.03. The highest BCUT2D eigenvalue weighted by Gasteiger charge is 2.24. The molecule has 2 unspecified atom stereocenters. The van der Waals surface area contributed by atoms with E-state index in [1.54, 1.807) is 19.2 Å². The van der Waals surface area contributed by atoms with Crippen LogP contribution in [0.25, 0.3) is 17.3 Å². The molecular weight excluding hydrogens is 329 g/mol. The van der Waals surface area contributed by atoms with E-state index >= 15 is 0 Å². The minimum atomic E-state index is -1.18. The number of hydrogen-bond donors (Lipinski definition) is 2. The Morgan fingerprint density at radius 2 is 2.27 bits per heavy atom. The van der Waals surface area contributed by atoms with E-state index in [2.05, 4.69) is 21.4 Å². The van der Waals surface area contributed by atoms with Crippen molar-refractivity contribution in [1.82, 2.24) is 15.3 Å². The molecule has 4 rings (SSSR count). The van der Waals surface area contributed by atoms with Crippen LogP contribution in [-0.2, 0) is 6.42 Å². The van der Waals surface area contributed by atoms with Crippen LogP contribution < -0.4 is 5.32 Å². The van der Waals surface area contributed by atoms with Crippen molar-refractivity contribution in [2.24, 2.45) is 5.92 Å². The van der Waals surface area contributed by atoms with Gasteiger partial charge in [0.1, 0.15) is 5.67 Å². The van der Waals surface area contributed by atoms with Gasteiger partial charge in [-0.25, -0.2) is 4.39 Å². The number of pyridine rings is 1. The molecule has 1 amide bonds. The predicted molar refractivity (Wildman–Crippen MR) is 100 cm³/mol. The molecule has 3 heterocycles. The molecule has 4 nitrogen and oxygen atoms in total. The lowest BCUT2D eigenvalue weighted by atomic mass is 9.87. The quantitative estimate of drug-likeness (QED) is 0.819. The van der Waals surface area contributed by atoms with Crippen LogP contribution >= 0.6 is 0 Å².